The Morgan fingerprint density at radius 1 is 0.886 bits per heavy atom. The normalized spacial score (nSPS) is 11.1. The van der Waals surface area contributed by atoms with Gasteiger partial charge in [0.15, 0.2) is 0 Å². The molecule has 2 amide bonds. The zero-order valence-corrected chi connectivity index (χ0v) is 18.7. The van der Waals surface area contributed by atoms with Crippen LogP contribution in [0.3, 0.4) is 0 Å². The number of hydrogen-bond donors (Lipinski definition) is 2. The molecule has 0 saturated carbocycles. The summed E-state index contributed by atoms with van der Waals surface area (Å²) in [4.78, 5) is 30.1. The van der Waals surface area contributed by atoms with E-state index in [1.807, 2.05) is 36.4 Å². The summed E-state index contributed by atoms with van der Waals surface area (Å²) in [6, 6.07) is 29.6. The number of rotatable bonds is 8. The van der Waals surface area contributed by atoms with Gasteiger partial charge in [0.25, 0.3) is 5.91 Å². The van der Waals surface area contributed by atoms with E-state index in [1.165, 1.54) is 6.20 Å². The number of carbonyl (C=O) groups is 2. The molecular weight excluding hydrogens is 440 g/mol. The number of amides is 2. The fraction of sp³-hybridized carbons (Fsp3) is 0.0714. The second-order valence-electron chi connectivity index (χ2n) is 7.67. The van der Waals surface area contributed by atoms with Crippen molar-refractivity contribution in [3.63, 3.8) is 0 Å². The summed E-state index contributed by atoms with van der Waals surface area (Å²) in [5, 5.41) is 14.8. The minimum absolute atomic E-state index is 0.281. The maximum atomic E-state index is 13.1. The molecule has 0 unspecified atom stereocenters. The quantitative estimate of drug-likeness (QED) is 0.394. The fourth-order valence-electron chi connectivity index (χ4n) is 3.39. The Labute approximate surface area is 203 Å². The van der Waals surface area contributed by atoms with Crippen molar-refractivity contribution < 1.29 is 14.3 Å². The Morgan fingerprint density at radius 2 is 1.57 bits per heavy atom. The van der Waals surface area contributed by atoms with Crippen molar-refractivity contribution in [3.05, 3.63) is 120 Å². The third kappa shape index (κ3) is 6.30. The minimum atomic E-state index is -0.802. The molecule has 1 heterocycles. The summed E-state index contributed by atoms with van der Waals surface area (Å²) in [6.45, 7) is 0. The van der Waals surface area contributed by atoms with E-state index in [4.69, 9.17) is 4.74 Å². The molecule has 0 fully saturated rings. The first-order valence-electron chi connectivity index (χ1n) is 11.0. The van der Waals surface area contributed by atoms with Gasteiger partial charge >= 0.3 is 0 Å². The van der Waals surface area contributed by atoms with Crippen molar-refractivity contribution in [2.45, 2.75) is 12.5 Å². The fourth-order valence-corrected chi connectivity index (χ4v) is 3.39. The van der Waals surface area contributed by atoms with Gasteiger partial charge in [0, 0.05) is 18.1 Å². The van der Waals surface area contributed by atoms with Crippen molar-refractivity contribution in [2.75, 3.05) is 5.32 Å². The number of benzene rings is 3. The highest BCUT2D eigenvalue weighted by molar-refractivity contribution is 6.01. The Bertz CT molecular complexity index is 1330. The lowest BCUT2D eigenvalue weighted by Gasteiger charge is -2.19. The third-order valence-corrected chi connectivity index (χ3v) is 5.17. The topological polar surface area (TPSA) is 104 Å². The van der Waals surface area contributed by atoms with Gasteiger partial charge in [-0.1, -0.05) is 60.7 Å². The van der Waals surface area contributed by atoms with Crippen LogP contribution in [0.5, 0.6) is 11.6 Å². The van der Waals surface area contributed by atoms with E-state index >= 15 is 0 Å². The summed E-state index contributed by atoms with van der Waals surface area (Å²) in [5.74, 6) is -0.0297. The number of pyridine rings is 1. The summed E-state index contributed by atoms with van der Waals surface area (Å²) >= 11 is 0. The molecular formula is C28H22N4O3. The van der Waals surface area contributed by atoms with Crippen LogP contribution in [0.2, 0.25) is 0 Å². The van der Waals surface area contributed by atoms with Gasteiger partial charge in [-0.15, -0.1) is 0 Å². The van der Waals surface area contributed by atoms with E-state index in [2.05, 4.69) is 21.7 Å². The summed E-state index contributed by atoms with van der Waals surface area (Å²) in [6.07, 6.45) is 1.78. The van der Waals surface area contributed by atoms with Gasteiger partial charge in [0.2, 0.25) is 11.8 Å². The predicted octanol–water partition coefficient (Wildman–Crippen LogP) is 4.73. The summed E-state index contributed by atoms with van der Waals surface area (Å²) < 4.78 is 5.69. The van der Waals surface area contributed by atoms with E-state index in [0.29, 0.717) is 29.0 Å². The van der Waals surface area contributed by atoms with Crippen LogP contribution < -0.4 is 15.4 Å². The number of anilines is 1. The zero-order chi connectivity index (χ0) is 24.5. The number of nitriles is 1. The molecule has 1 aromatic heterocycles. The first kappa shape index (κ1) is 23.2. The molecule has 7 nitrogen and oxygen atoms in total. The van der Waals surface area contributed by atoms with E-state index < -0.39 is 6.04 Å². The standard InChI is InChI=1S/C28H22N4O3/c29-18-22-13-7-8-14-25(22)35-26-16-15-23(19-30-26)31-28(34)24(17-20-9-3-1-4-10-20)32-27(33)21-11-5-2-6-12-21/h1-16,19,24H,17H2,(H,31,34)(H,32,33)/t24-/m1/s1. The van der Waals surface area contributed by atoms with Gasteiger partial charge in [0.1, 0.15) is 17.9 Å². The van der Waals surface area contributed by atoms with Gasteiger partial charge in [-0.3, -0.25) is 9.59 Å². The molecule has 0 aliphatic heterocycles. The Morgan fingerprint density at radius 3 is 2.26 bits per heavy atom. The van der Waals surface area contributed by atoms with Crippen LogP contribution in [-0.4, -0.2) is 22.8 Å². The maximum absolute atomic E-state index is 13.1. The highest BCUT2D eigenvalue weighted by Gasteiger charge is 2.22. The molecule has 3 aromatic carbocycles. The van der Waals surface area contributed by atoms with Gasteiger partial charge in [-0.05, 0) is 35.9 Å². The second kappa shape index (κ2) is 11.3. The van der Waals surface area contributed by atoms with Gasteiger partial charge in [0.05, 0.1) is 17.4 Å². The lowest BCUT2D eigenvalue weighted by molar-refractivity contribution is -0.118. The average Bonchev–Trinajstić information content (AvgIpc) is 2.90. The molecule has 4 rings (SSSR count). The zero-order valence-electron chi connectivity index (χ0n) is 18.7. The van der Waals surface area contributed by atoms with Gasteiger partial charge in [-0.25, -0.2) is 4.98 Å². The Balaban J connectivity index is 1.46. The number of ether oxygens (including phenoxy) is 1. The first-order chi connectivity index (χ1) is 17.1. The largest absolute Gasteiger partial charge is 0.438 e. The monoisotopic (exact) mass is 462 g/mol. The highest BCUT2D eigenvalue weighted by atomic mass is 16.5. The van der Waals surface area contributed by atoms with Crippen LogP contribution in [0.15, 0.2) is 103 Å². The molecule has 35 heavy (non-hydrogen) atoms. The molecule has 1 atom stereocenters. The predicted molar refractivity (Wildman–Crippen MR) is 132 cm³/mol. The van der Waals surface area contributed by atoms with Crippen LogP contribution >= 0.6 is 0 Å². The third-order valence-electron chi connectivity index (χ3n) is 5.17. The number of hydrogen-bond acceptors (Lipinski definition) is 5. The summed E-state index contributed by atoms with van der Waals surface area (Å²) in [5.41, 5.74) is 2.23. The average molecular weight is 463 g/mol. The molecule has 0 aliphatic carbocycles. The molecule has 0 spiro atoms. The number of nitrogens with one attached hydrogen (secondary N) is 2. The van der Waals surface area contributed by atoms with Gasteiger partial charge < -0.3 is 15.4 Å². The second-order valence-corrected chi connectivity index (χ2v) is 7.67. The van der Waals surface area contributed by atoms with E-state index in [-0.39, 0.29) is 17.7 Å². The lowest BCUT2D eigenvalue weighted by Crippen LogP contribution is -2.45. The van der Waals surface area contributed by atoms with Crippen LogP contribution in [0.1, 0.15) is 21.5 Å². The Hall–Kier alpha value is -4.96. The molecule has 4 aromatic rings. The molecule has 0 bridgehead atoms. The lowest BCUT2D eigenvalue weighted by atomic mass is 10.0. The van der Waals surface area contributed by atoms with Crippen molar-refractivity contribution in [2.24, 2.45) is 0 Å². The van der Waals surface area contributed by atoms with Crippen LogP contribution in [-0.2, 0) is 11.2 Å². The van der Waals surface area contributed by atoms with Crippen molar-refractivity contribution in [1.82, 2.24) is 10.3 Å². The van der Waals surface area contributed by atoms with E-state index in [1.54, 1.807) is 60.7 Å². The molecule has 0 saturated heterocycles. The van der Waals surface area contributed by atoms with E-state index in [9.17, 15) is 14.9 Å². The van der Waals surface area contributed by atoms with E-state index in [0.717, 1.165) is 5.56 Å². The minimum Gasteiger partial charge on any atom is -0.438 e. The molecule has 7 heteroatoms. The van der Waals surface area contributed by atoms with Crippen molar-refractivity contribution in [3.8, 4) is 17.7 Å². The smallest absolute Gasteiger partial charge is 0.251 e. The number of aromatic nitrogens is 1. The Kier molecular flexibility index (Phi) is 7.46. The molecule has 0 radical (unpaired) electrons. The number of nitrogens with zero attached hydrogens (tertiary/aromatic N) is 2. The van der Waals surface area contributed by atoms with Gasteiger partial charge in [-0.2, -0.15) is 5.26 Å². The SMILES string of the molecule is N#Cc1ccccc1Oc1ccc(NC(=O)[C@@H](Cc2ccccc2)NC(=O)c2ccccc2)cn1. The first-order valence-corrected chi connectivity index (χ1v) is 11.0. The maximum Gasteiger partial charge on any atom is 0.251 e. The number of carbonyl (C=O) groups excluding carboxylic acids is 2. The van der Waals surface area contributed by atoms with Crippen molar-refractivity contribution in [1.29, 1.82) is 5.26 Å². The highest BCUT2D eigenvalue weighted by Crippen LogP contribution is 2.24. The van der Waals surface area contributed by atoms with Crippen LogP contribution in [0.4, 0.5) is 5.69 Å². The molecule has 2 N–H and O–H groups in total. The van der Waals surface area contributed by atoms with Crippen molar-refractivity contribution >= 4 is 17.5 Å². The molecule has 0 aliphatic rings. The van der Waals surface area contributed by atoms with Crippen LogP contribution in [0.25, 0.3) is 0 Å². The summed E-state index contributed by atoms with van der Waals surface area (Å²) in [7, 11) is 0. The van der Waals surface area contributed by atoms with Crippen LogP contribution in [0, 0.1) is 11.3 Å². The number of para-hydroxylation sites is 1. The molecule has 172 valence electrons.